The molecule has 0 saturated carbocycles. The molecule has 0 heterocycles. The normalized spacial score (nSPS) is 12.1. The van der Waals surface area contributed by atoms with E-state index >= 15 is 0 Å². The van der Waals surface area contributed by atoms with Gasteiger partial charge >= 0.3 is 0 Å². The summed E-state index contributed by atoms with van der Waals surface area (Å²) in [5.74, 6) is -0.586. The summed E-state index contributed by atoms with van der Waals surface area (Å²) in [6.45, 7) is 5.18. The van der Waals surface area contributed by atoms with Crippen LogP contribution in [0.3, 0.4) is 0 Å². The van der Waals surface area contributed by atoms with Gasteiger partial charge < -0.3 is 15.0 Å². The second-order valence-corrected chi connectivity index (χ2v) is 11.8. The first-order chi connectivity index (χ1) is 19.1. The first-order valence-corrected chi connectivity index (χ1v) is 14.9. The SMILES string of the molecule is CCC(C(=O)NC(C)C)N(CCc1ccccc1)C(=O)CN(c1cc(Cl)ccc1OC)S(=O)(=O)c1ccccc1. The van der Waals surface area contributed by atoms with E-state index in [9.17, 15) is 18.0 Å². The summed E-state index contributed by atoms with van der Waals surface area (Å²) >= 11 is 6.27. The Morgan fingerprint density at radius 2 is 1.60 bits per heavy atom. The Morgan fingerprint density at radius 3 is 2.17 bits per heavy atom. The number of methoxy groups -OCH3 is 1. The van der Waals surface area contributed by atoms with Gasteiger partial charge in [-0.3, -0.25) is 13.9 Å². The molecule has 40 heavy (non-hydrogen) atoms. The predicted molar refractivity (Wildman–Crippen MR) is 158 cm³/mol. The van der Waals surface area contributed by atoms with Crippen LogP contribution in [-0.2, 0) is 26.0 Å². The molecule has 0 fully saturated rings. The summed E-state index contributed by atoms with van der Waals surface area (Å²) in [6, 6.07) is 21.1. The molecule has 0 saturated heterocycles. The van der Waals surface area contributed by atoms with Crippen molar-refractivity contribution in [1.29, 1.82) is 0 Å². The minimum absolute atomic E-state index is 0.00487. The number of benzene rings is 3. The molecule has 3 aromatic rings. The molecule has 0 aromatic heterocycles. The Hall–Kier alpha value is -3.56. The number of hydrogen-bond donors (Lipinski definition) is 1. The molecule has 0 spiro atoms. The number of anilines is 1. The Morgan fingerprint density at radius 1 is 0.975 bits per heavy atom. The largest absolute Gasteiger partial charge is 0.495 e. The van der Waals surface area contributed by atoms with Crippen LogP contribution in [0.5, 0.6) is 5.75 Å². The highest BCUT2D eigenvalue weighted by molar-refractivity contribution is 7.92. The quantitative estimate of drug-likeness (QED) is 0.307. The van der Waals surface area contributed by atoms with Gasteiger partial charge in [0.2, 0.25) is 11.8 Å². The Bertz CT molecular complexity index is 1380. The second kappa shape index (κ2) is 14.2. The Kier molecular flexibility index (Phi) is 11.0. The highest BCUT2D eigenvalue weighted by Crippen LogP contribution is 2.35. The predicted octanol–water partition coefficient (Wildman–Crippen LogP) is 4.92. The van der Waals surface area contributed by atoms with Gasteiger partial charge in [-0.1, -0.05) is 67.1 Å². The molecule has 0 aliphatic heterocycles. The van der Waals surface area contributed by atoms with Crippen molar-refractivity contribution in [3.8, 4) is 5.75 Å². The average Bonchev–Trinajstić information content (AvgIpc) is 2.94. The van der Waals surface area contributed by atoms with Gasteiger partial charge in [-0.2, -0.15) is 0 Å². The average molecular weight is 586 g/mol. The fourth-order valence-electron chi connectivity index (χ4n) is 4.37. The van der Waals surface area contributed by atoms with E-state index in [1.54, 1.807) is 30.3 Å². The van der Waals surface area contributed by atoms with Crippen LogP contribution in [-0.4, -0.2) is 57.4 Å². The minimum Gasteiger partial charge on any atom is -0.495 e. The van der Waals surface area contributed by atoms with Crippen molar-refractivity contribution in [2.75, 3.05) is 24.5 Å². The molecule has 1 unspecified atom stereocenters. The fourth-order valence-corrected chi connectivity index (χ4v) is 5.97. The van der Waals surface area contributed by atoms with Gasteiger partial charge in [0.25, 0.3) is 10.0 Å². The lowest BCUT2D eigenvalue weighted by Crippen LogP contribution is -2.54. The molecular weight excluding hydrogens is 550 g/mol. The molecule has 0 aliphatic carbocycles. The van der Waals surface area contributed by atoms with E-state index in [4.69, 9.17) is 16.3 Å². The van der Waals surface area contributed by atoms with Crippen molar-refractivity contribution < 1.29 is 22.7 Å². The summed E-state index contributed by atoms with van der Waals surface area (Å²) in [5, 5.41) is 3.17. The number of amides is 2. The topological polar surface area (TPSA) is 96.0 Å². The second-order valence-electron chi connectivity index (χ2n) is 9.55. The lowest BCUT2D eigenvalue weighted by Gasteiger charge is -2.34. The van der Waals surface area contributed by atoms with Crippen molar-refractivity contribution in [2.24, 2.45) is 0 Å². The van der Waals surface area contributed by atoms with Crippen LogP contribution in [0.25, 0.3) is 0 Å². The number of ether oxygens (including phenoxy) is 1. The molecule has 3 rings (SSSR count). The van der Waals surface area contributed by atoms with Gasteiger partial charge in [-0.15, -0.1) is 0 Å². The summed E-state index contributed by atoms with van der Waals surface area (Å²) in [6.07, 6.45) is 0.842. The Balaban J connectivity index is 2.07. The van der Waals surface area contributed by atoms with Crippen LogP contribution >= 0.6 is 11.6 Å². The number of rotatable bonds is 13. The molecule has 214 valence electrons. The maximum Gasteiger partial charge on any atom is 0.264 e. The molecule has 0 radical (unpaired) electrons. The molecule has 1 N–H and O–H groups in total. The number of carbonyl (C=O) groups excluding carboxylic acids is 2. The van der Waals surface area contributed by atoms with Crippen LogP contribution in [0.4, 0.5) is 5.69 Å². The third-order valence-corrected chi connectivity index (χ3v) is 8.33. The monoisotopic (exact) mass is 585 g/mol. The molecular formula is C30H36ClN3O5S. The van der Waals surface area contributed by atoms with Crippen molar-refractivity contribution in [1.82, 2.24) is 10.2 Å². The molecule has 3 aromatic carbocycles. The van der Waals surface area contributed by atoms with Gasteiger partial charge in [0, 0.05) is 17.6 Å². The third-order valence-electron chi connectivity index (χ3n) is 6.32. The van der Waals surface area contributed by atoms with Crippen LogP contribution in [0.15, 0.2) is 83.8 Å². The number of hydrogen-bond acceptors (Lipinski definition) is 5. The summed E-state index contributed by atoms with van der Waals surface area (Å²) in [7, 11) is -2.81. The van der Waals surface area contributed by atoms with E-state index < -0.39 is 28.5 Å². The molecule has 2 amide bonds. The molecule has 8 nitrogen and oxygen atoms in total. The van der Waals surface area contributed by atoms with Gasteiger partial charge in [0.05, 0.1) is 17.7 Å². The molecule has 1 atom stereocenters. The van der Waals surface area contributed by atoms with E-state index in [1.165, 1.54) is 30.2 Å². The first-order valence-electron chi connectivity index (χ1n) is 13.1. The lowest BCUT2D eigenvalue weighted by atomic mass is 10.1. The molecule has 0 bridgehead atoms. The van der Waals surface area contributed by atoms with E-state index in [2.05, 4.69) is 5.32 Å². The van der Waals surface area contributed by atoms with E-state index in [0.717, 1.165) is 9.87 Å². The number of nitrogens with zero attached hydrogens (tertiary/aromatic N) is 2. The zero-order valence-corrected chi connectivity index (χ0v) is 24.8. The van der Waals surface area contributed by atoms with Gasteiger partial charge in [0.15, 0.2) is 0 Å². The van der Waals surface area contributed by atoms with Gasteiger partial charge in [-0.05, 0) is 62.6 Å². The van der Waals surface area contributed by atoms with Crippen molar-refractivity contribution in [2.45, 2.75) is 50.6 Å². The number of sulfonamides is 1. The number of carbonyl (C=O) groups is 2. The fraction of sp³-hybridized carbons (Fsp3) is 0.333. The van der Waals surface area contributed by atoms with E-state index in [0.29, 0.717) is 12.8 Å². The standard InChI is InChI=1S/C30H36ClN3O5S/c1-5-26(30(36)32-22(2)3)33(19-18-23-12-8-6-9-13-23)29(35)21-34(27-20-24(31)16-17-28(27)39-4)40(37,38)25-14-10-7-11-15-25/h6-17,20,22,26H,5,18-19,21H2,1-4H3,(H,32,36). The number of nitrogens with one attached hydrogen (secondary N) is 1. The van der Waals surface area contributed by atoms with Crippen molar-refractivity contribution in [3.05, 3.63) is 89.4 Å². The van der Waals surface area contributed by atoms with Crippen LogP contribution in [0, 0.1) is 0 Å². The van der Waals surface area contributed by atoms with Crippen LogP contribution in [0.2, 0.25) is 5.02 Å². The van der Waals surface area contributed by atoms with Crippen molar-refractivity contribution >= 4 is 39.1 Å². The van der Waals surface area contributed by atoms with Crippen LogP contribution < -0.4 is 14.4 Å². The highest BCUT2D eigenvalue weighted by atomic mass is 35.5. The Labute approximate surface area is 241 Å². The van der Waals surface area contributed by atoms with E-state index in [-0.39, 0.29) is 39.8 Å². The van der Waals surface area contributed by atoms with Gasteiger partial charge in [-0.25, -0.2) is 8.42 Å². The molecule has 0 aliphatic rings. The minimum atomic E-state index is -4.22. The smallest absolute Gasteiger partial charge is 0.264 e. The maximum atomic E-state index is 14.1. The lowest BCUT2D eigenvalue weighted by molar-refractivity contribution is -0.139. The summed E-state index contributed by atoms with van der Waals surface area (Å²) < 4.78 is 34.3. The zero-order valence-electron chi connectivity index (χ0n) is 23.2. The zero-order chi connectivity index (χ0) is 29.3. The maximum absolute atomic E-state index is 14.1. The summed E-state index contributed by atoms with van der Waals surface area (Å²) in [5.41, 5.74) is 1.11. The highest BCUT2D eigenvalue weighted by Gasteiger charge is 2.34. The first kappa shape index (κ1) is 31.0. The van der Waals surface area contributed by atoms with Crippen molar-refractivity contribution in [3.63, 3.8) is 0 Å². The van der Waals surface area contributed by atoms with Gasteiger partial charge in [0.1, 0.15) is 18.3 Å². The van der Waals surface area contributed by atoms with E-state index in [1.807, 2.05) is 51.1 Å². The van der Waals surface area contributed by atoms with Crippen LogP contribution in [0.1, 0.15) is 32.8 Å². The third kappa shape index (κ3) is 7.76. The summed E-state index contributed by atoms with van der Waals surface area (Å²) in [4.78, 5) is 28.7. The number of halogens is 1. The molecule has 10 heteroatoms.